The van der Waals surface area contributed by atoms with Gasteiger partial charge in [0.05, 0.1) is 30.1 Å². The van der Waals surface area contributed by atoms with Gasteiger partial charge in [0.1, 0.15) is 0 Å². The van der Waals surface area contributed by atoms with Gasteiger partial charge in [-0.2, -0.15) is 0 Å². The Balaban J connectivity index is 2.25. The van der Waals surface area contributed by atoms with Crippen LogP contribution in [0.2, 0.25) is 0 Å². The van der Waals surface area contributed by atoms with E-state index in [1.165, 1.54) is 13.3 Å². The minimum Gasteiger partial charge on any atom is -0.465 e. The molecule has 7 nitrogen and oxygen atoms in total. The summed E-state index contributed by atoms with van der Waals surface area (Å²) in [6.45, 7) is 0. The fourth-order valence-electron chi connectivity index (χ4n) is 2.51. The van der Waals surface area contributed by atoms with Crippen LogP contribution < -0.4 is 4.52 Å². The zero-order valence-corrected chi connectivity index (χ0v) is 13.5. The van der Waals surface area contributed by atoms with Gasteiger partial charge in [-0.3, -0.25) is 9.79 Å². The van der Waals surface area contributed by atoms with Crippen molar-refractivity contribution in [2.24, 2.45) is 0 Å². The van der Waals surface area contributed by atoms with Crippen LogP contribution in [-0.2, 0) is 9.30 Å². The topological polar surface area (TPSA) is 98.0 Å². The summed E-state index contributed by atoms with van der Waals surface area (Å²) in [5.74, 6) is -0.487. The first-order chi connectivity index (χ1) is 11.4. The molecule has 1 heterocycles. The molecule has 124 valence electrons. The van der Waals surface area contributed by atoms with Gasteiger partial charge < -0.3 is 13.8 Å². The first kappa shape index (κ1) is 16.3. The Bertz CT molecular complexity index is 958. The lowest BCUT2D eigenvalue weighted by Crippen LogP contribution is -2.07. The second-order valence-electron chi connectivity index (χ2n) is 4.97. The predicted molar refractivity (Wildman–Crippen MR) is 87.3 cm³/mol. The second-order valence-corrected chi connectivity index (χ2v) is 6.13. The predicted octanol–water partition coefficient (Wildman–Crippen LogP) is 2.89. The molecule has 8 heteroatoms. The minimum absolute atomic E-state index is 0.0265. The summed E-state index contributed by atoms with van der Waals surface area (Å²) < 4.78 is 22.4. The summed E-state index contributed by atoms with van der Waals surface area (Å²) in [4.78, 5) is 30.2. The van der Waals surface area contributed by atoms with E-state index < -0.39 is 13.8 Å². The lowest BCUT2D eigenvalue weighted by Gasteiger charge is -2.10. The lowest BCUT2D eigenvalue weighted by molar-refractivity contribution is 0.0600. The van der Waals surface area contributed by atoms with Crippen molar-refractivity contribution in [1.29, 1.82) is 0 Å². The van der Waals surface area contributed by atoms with Crippen LogP contribution in [0.3, 0.4) is 0 Å². The number of nitrogens with zero attached hydrogens (tertiary/aromatic N) is 1. The molecule has 0 aliphatic rings. The Morgan fingerprint density at radius 3 is 2.46 bits per heavy atom. The van der Waals surface area contributed by atoms with E-state index in [1.807, 2.05) is 0 Å². The summed E-state index contributed by atoms with van der Waals surface area (Å²) >= 11 is 0. The first-order valence-electron chi connectivity index (χ1n) is 6.93. The molecule has 3 aromatic rings. The van der Waals surface area contributed by atoms with Gasteiger partial charge in [0.25, 0.3) is 0 Å². The second kappa shape index (κ2) is 6.13. The smallest absolute Gasteiger partial charge is 0.465 e. The number of hydrogen-bond acceptors (Lipinski definition) is 4. The first-order valence-corrected chi connectivity index (χ1v) is 8.46. The fourth-order valence-corrected chi connectivity index (χ4v) is 2.92. The van der Waals surface area contributed by atoms with Crippen molar-refractivity contribution in [3.05, 3.63) is 60.3 Å². The highest BCUT2D eigenvalue weighted by Crippen LogP contribution is 2.42. The summed E-state index contributed by atoms with van der Waals surface area (Å²) in [6, 6.07) is 13.7. The van der Waals surface area contributed by atoms with E-state index in [1.54, 1.807) is 53.1 Å². The van der Waals surface area contributed by atoms with Gasteiger partial charge in [0, 0.05) is 5.39 Å². The highest BCUT2D eigenvalue weighted by atomic mass is 31.2. The molecule has 0 radical (unpaired) electrons. The van der Waals surface area contributed by atoms with E-state index in [0.717, 1.165) is 0 Å². The summed E-state index contributed by atoms with van der Waals surface area (Å²) in [5.41, 5.74) is 1.47. The number of ether oxygens (including phenoxy) is 1. The molecule has 0 aliphatic carbocycles. The van der Waals surface area contributed by atoms with Gasteiger partial charge in [-0.15, -0.1) is 0 Å². The molecule has 2 aromatic carbocycles. The van der Waals surface area contributed by atoms with E-state index in [4.69, 9.17) is 19.0 Å². The lowest BCUT2D eigenvalue weighted by atomic mass is 10.1. The number of aromatic nitrogens is 1. The van der Waals surface area contributed by atoms with Crippen molar-refractivity contribution in [2.75, 3.05) is 7.11 Å². The van der Waals surface area contributed by atoms with Crippen LogP contribution in [0, 0.1) is 0 Å². The van der Waals surface area contributed by atoms with Crippen molar-refractivity contribution in [1.82, 2.24) is 4.57 Å². The number of carbonyl (C=O) groups is 1. The van der Waals surface area contributed by atoms with Crippen molar-refractivity contribution in [3.63, 3.8) is 0 Å². The molecule has 3 rings (SSSR count). The fraction of sp³-hybridized carbons (Fsp3) is 0.0625. The molecule has 0 bridgehead atoms. The van der Waals surface area contributed by atoms with E-state index in [2.05, 4.69) is 0 Å². The van der Waals surface area contributed by atoms with Gasteiger partial charge in [-0.05, 0) is 24.3 Å². The maximum atomic E-state index is 12.0. The van der Waals surface area contributed by atoms with Gasteiger partial charge in [-0.25, -0.2) is 9.36 Å². The van der Waals surface area contributed by atoms with Crippen molar-refractivity contribution < 1.29 is 28.4 Å². The van der Waals surface area contributed by atoms with Crippen LogP contribution in [0.15, 0.2) is 54.7 Å². The van der Waals surface area contributed by atoms with Crippen LogP contribution in [0.4, 0.5) is 0 Å². The van der Waals surface area contributed by atoms with Crippen molar-refractivity contribution >= 4 is 24.7 Å². The normalized spacial score (nSPS) is 11.5. The Morgan fingerprint density at radius 2 is 1.75 bits per heavy atom. The SMILES string of the molecule is COC(=O)c1ccccc1-n1cc(OP(=O)(O)O)c2ccccc21. The molecule has 24 heavy (non-hydrogen) atoms. The Kier molecular flexibility index (Phi) is 4.15. The summed E-state index contributed by atoms with van der Waals surface area (Å²) in [5, 5.41) is 0.514. The number of rotatable bonds is 4. The van der Waals surface area contributed by atoms with Crippen LogP contribution >= 0.6 is 7.82 Å². The van der Waals surface area contributed by atoms with E-state index in [-0.39, 0.29) is 5.75 Å². The summed E-state index contributed by atoms with van der Waals surface area (Å²) in [6.07, 6.45) is 1.44. The van der Waals surface area contributed by atoms with E-state index in [0.29, 0.717) is 22.2 Å². The minimum atomic E-state index is -4.71. The number of methoxy groups -OCH3 is 1. The number of para-hydroxylation sites is 2. The molecule has 0 saturated carbocycles. The molecule has 0 fully saturated rings. The monoisotopic (exact) mass is 347 g/mol. The molecule has 0 spiro atoms. The molecule has 0 aliphatic heterocycles. The summed E-state index contributed by atoms with van der Waals surface area (Å²) in [7, 11) is -3.42. The third-order valence-electron chi connectivity index (χ3n) is 3.46. The number of benzene rings is 2. The standard InChI is InChI=1S/C16H14NO6P/c1-22-16(18)12-7-3-5-9-14(12)17-10-15(23-24(19,20)21)11-6-2-4-8-13(11)17/h2-10H,1H3,(H2,19,20,21). The zero-order valence-electron chi connectivity index (χ0n) is 12.6. The molecular weight excluding hydrogens is 333 g/mol. The molecule has 0 amide bonds. The molecule has 0 saturated heterocycles. The molecule has 1 aromatic heterocycles. The average molecular weight is 347 g/mol. The van der Waals surface area contributed by atoms with Gasteiger partial charge in [-0.1, -0.05) is 24.3 Å². The van der Waals surface area contributed by atoms with Gasteiger partial charge in [0.2, 0.25) is 0 Å². The molecular formula is C16H14NO6P. The zero-order chi connectivity index (χ0) is 17.3. The number of carbonyl (C=O) groups excluding carboxylic acids is 1. The Hall–Kier alpha value is -2.60. The average Bonchev–Trinajstić information content (AvgIpc) is 2.91. The molecule has 0 atom stereocenters. The number of esters is 1. The van der Waals surface area contributed by atoms with Gasteiger partial charge in [0.15, 0.2) is 5.75 Å². The number of fused-ring (bicyclic) bond motifs is 1. The molecule has 2 N–H and O–H groups in total. The van der Waals surface area contributed by atoms with Crippen LogP contribution in [-0.4, -0.2) is 27.4 Å². The van der Waals surface area contributed by atoms with Crippen LogP contribution in [0.5, 0.6) is 5.75 Å². The number of phosphoric ester groups is 1. The van der Waals surface area contributed by atoms with Crippen LogP contribution in [0.25, 0.3) is 16.6 Å². The van der Waals surface area contributed by atoms with E-state index >= 15 is 0 Å². The third kappa shape index (κ3) is 3.05. The van der Waals surface area contributed by atoms with Crippen molar-refractivity contribution in [3.8, 4) is 11.4 Å². The maximum Gasteiger partial charge on any atom is 0.524 e. The number of hydrogen-bond donors (Lipinski definition) is 2. The largest absolute Gasteiger partial charge is 0.524 e. The van der Waals surface area contributed by atoms with Gasteiger partial charge >= 0.3 is 13.8 Å². The van der Waals surface area contributed by atoms with E-state index in [9.17, 15) is 9.36 Å². The third-order valence-corrected chi connectivity index (χ3v) is 3.90. The number of phosphoric acid groups is 1. The highest BCUT2D eigenvalue weighted by molar-refractivity contribution is 7.46. The van der Waals surface area contributed by atoms with Crippen LogP contribution in [0.1, 0.15) is 10.4 Å². The quantitative estimate of drug-likeness (QED) is 0.556. The van der Waals surface area contributed by atoms with Crippen molar-refractivity contribution in [2.45, 2.75) is 0 Å². The molecule has 0 unspecified atom stereocenters. The Morgan fingerprint density at radius 1 is 1.08 bits per heavy atom. The Labute approximate surface area is 137 Å². The highest BCUT2D eigenvalue weighted by Gasteiger charge is 2.22. The maximum absolute atomic E-state index is 12.0.